The average Bonchev–Trinajstić information content (AvgIpc) is 3.47. The van der Waals surface area contributed by atoms with Crippen molar-refractivity contribution < 1.29 is 32.6 Å². The second kappa shape index (κ2) is 9.76. The van der Waals surface area contributed by atoms with Crippen LogP contribution in [-0.4, -0.2) is 74.0 Å². The number of amides is 3. The van der Waals surface area contributed by atoms with Crippen molar-refractivity contribution in [2.75, 3.05) is 38.0 Å². The summed E-state index contributed by atoms with van der Waals surface area (Å²) in [6, 6.07) is 6.96. The Balaban J connectivity index is 1.45. The molecule has 1 aliphatic heterocycles. The van der Waals surface area contributed by atoms with E-state index in [0.29, 0.717) is 18.7 Å². The van der Waals surface area contributed by atoms with Gasteiger partial charge in [-0.1, -0.05) is 12.1 Å². The van der Waals surface area contributed by atoms with E-state index in [-0.39, 0.29) is 49.2 Å². The summed E-state index contributed by atoms with van der Waals surface area (Å²) in [7, 11) is -3.30. The molecule has 0 unspecified atom stereocenters. The summed E-state index contributed by atoms with van der Waals surface area (Å²) in [4.78, 5) is 24.1. The molecular weight excluding hydrogens is 436 g/mol. The van der Waals surface area contributed by atoms with Gasteiger partial charge in [-0.05, 0) is 50.8 Å². The number of nitrogens with zero attached hydrogens (tertiary/aromatic N) is 1. The summed E-state index contributed by atoms with van der Waals surface area (Å²) < 4.78 is 36.5. The summed E-state index contributed by atoms with van der Waals surface area (Å²) in [6.45, 7) is 4.02. The Hall–Kier alpha value is -2.17. The van der Waals surface area contributed by atoms with Gasteiger partial charge in [0.25, 0.3) is 0 Å². The molecule has 178 valence electrons. The number of imide groups is 1. The summed E-state index contributed by atoms with van der Waals surface area (Å²) >= 11 is 0. The third-order valence-electron chi connectivity index (χ3n) is 5.52. The van der Waals surface area contributed by atoms with Gasteiger partial charge in [0, 0.05) is 25.0 Å². The fourth-order valence-electron chi connectivity index (χ4n) is 3.61. The molecule has 1 aliphatic carbocycles. The van der Waals surface area contributed by atoms with Crippen molar-refractivity contribution in [3.63, 3.8) is 0 Å². The van der Waals surface area contributed by atoms with Gasteiger partial charge in [-0.25, -0.2) is 13.2 Å². The van der Waals surface area contributed by atoms with E-state index < -0.39 is 21.5 Å². The third-order valence-corrected chi connectivity index (χ3v) is 7.42. The van der Waals surface area contributed by atoms with Crippen molar-refractivity contribution in [1.29, 1.82) is 0 Å². The summed E-state index contributed by atoms with van der Waals surface area (Å²) in [5.74, 6) is 0.394. The molecule has 3 amide bonds. The van der Waals surface area contributed by atoms with Crippen molar-refractivity contribution in [3.8, 4) is 5.75 Å². The van der Waals surface area contributed by atoms with E-state index in [9.17, 15) is 23.1 Å². The van der Waals surface area contributed by atoms with Gasteiger partial charge < -0.3 is 19.5 Å². The number of carbonyl (C=O) groups excluding carboxylic acids is 2. The van der Waals surface area contributed by atoms with Crippen LogP contribution in [0.5, 0.6) is 5.75 Å². The Kier molecular flexibility index (Phi) is 7.46. The monoisotopic (exact) mass is 468 g/mol. The molecule has 32 heavy (non-hydrogen) atoms. The van der Waals surface area contributed by atoms with E-state index in [1.807, 2.05) is 18.2 Å². The summed E-state index contributed by atoms with van der Waals surface area (Å²) in [5.41, 5.74) is -0.392. The molecule has 0 atom stereocenters. The topological polar surface area (TPSA) is 122 Å². The Labute approximate surface area is 189 Å². The predicted molar refractivity (Wildman–Crippen MR) is 118 cm³/mol. The fraction of sp³-hybridized carbons (Fsp3) is 0.636. The number of benzene rings is 1. The lowest BCUT2D eigenvalue weighted by molar-refractivity contribution is -0.122. The molecule has 1 aromatic carbocycles. The average molecular weight is 469 g/mol. The van der Waals surface area contributed by atoms with Crippen molar-refractivity contribution in [3.05, 3.63) is 29.8 Å². The van der Waals surface area contributed by atoms with Crippen LogP contribution in [0.4, 0.5) is 4.79 Å². The van der Waals surface area contributed by atoms with E-state index in [4.69, 9.17) is 9.47 Å². The number of hydrogen-bond donors (Lipinski definition) is 2. The molecule has 0 bridgehead atoms. The molecule has 2 fully saturated rings. The molecule has 3 rings (SSSR count). The highest BCUT2D eigenvalue weighted by molar-refractivity contribution is 7.91. The second-order valence-corrected chi connectivity index (χ2v) is 11.4. The van der Waals surface area contributed by atoms with Crippen molar-refractivity contribution in [2.45, 2.75) is 50.5 Å². The highest BCUT2D eigenvalue weighted by Crippen LogP contribution is 2.50. The van der Waals surface area contributed by atoms with Crippen LogP contribution in [0.15, 0.2) is 24.3 Å². The largest absolute Gasteiger partial charge is 0.491 e. The molecule has 1 saturated heterocycles. The van der Waals surface area contributed by atoms with E-state index in [2.05, 4.69) is 5.32 Å². The van der Waals surface area contributed by atoms with Crippen LogP contribution >= 0.6 is 0 Å². The quantitative estimate of drug-likeness (QED) is 0.447. The zero-order chi connectivity index (χ0) is 23.4. The number of aliphatic hydroxyl groups is 1. The summed E-state index contributed by atoms with van der Waals surface area (Å²) in [5, 5.41) is 12.1. The molecular formula is C22H32N2O7S. The van der Waals surface area contributed by atoms with Crippen molar-refractivity contribution in [1.82, 2.24) is 10.2 Å². The number of rotatable bonds is 12. The first-order chi connectivity index (χ1) is 15.0. The molecule has 2 aliphatic rings. The van der Waals surface area contributed by atoms with Gasteiger partial charge in [0.05, 0.1) is 17.1 Å². The van der Waals surface area contributed by atoms with Gasteiger partial charge >= 0.3 is 6.03 Å². The zero-order valence-corrected chi connectivity index (χ0v) is 19.4. The van der Waals surface area contributed by atoms with Crippen molar-refractivity contribution >= 4 is 21.8 Å². The molecule has 1 heterocycles. The first kappa shape index (κ1) is 24.5. The van der Waals surface area contributed by atoms with Crippen LogP contribution < -0.4 is 10.1 Å². The highest BCUT2D eigenvalue weighted by atomic mass is 32.2. The van der Waals surface area contributed by atoms with Crippen LogP contribution in [0.25, 0.3) is 0 Å². The number of ether oxygens (including phenoxy) is 2. The lowest BCUT2D eigenvalue weighted by Crippen LogP contribution is -2.50. The predicted octanol–water partition coefficient (Wildman–Crippen LogP) is 1.59. The van der Waals surface area contributed by atoms with Crippen molar-refractivity contribution in [2.24, 2.45) is 0 Å². The van der Waals surface area contributed by atoms with E-state index in [1.54, 1.807) is 19.9 Å². The number of sulfone groups is 1. The smallest absolute Gasteiger partial charge is 0.325 e. The molecule has 0 radical (unpaired) electrons. The van der Waals surface area contributed by atoms with Gasteiger partial charge in [0.15, 0.2) is 9.84 Å². The first-order valence-corrected chi connectivity index (χ1v) is 12.6. The highest BCUT2D eigenvalue weighted by Gasteiger charge is 2.47. The lowest BCUT2D eigenvalue weighted by atomic mass is 9.98. The van der Waals surface area contributed by atoms with Gasteiger partial charge in [-0.15, -0.1) is 0 Å². The molecule has 1 saturated carbocycles. The van der Waals surface area contributed by atoms with Crippen LogP contribution in [0.2, 0.25) is 0 Å². The minimum absolute atomic E-state index is 0.00826. The van der Waals surface area contributed by atoms with Crippen LogP contribution in [0.3, 0.4) is 0 Å². The standard InChI is InChI=1S/C22H32N2O7S/c1-21(2,27)14-31-18-6-3-5-17(13-18)22(8-9-22)15-32(28,29)12-4-11-30-16-24-10-7-19(25)23-20(24)26/h3,5-6,13,27H,4,7-12,14-16H2,1-2H3,(H,23,25,26). The van der Waals surface area contributed by atoms with E-state index in [0.717, 1.165) is 18.4 Å². The maximum absolute atomic E-state index is 12.7. The van der Waals surface area contributed by atoms with Crippen LogP contribution in [0.1, 0.15) is 45.1 Å². The number of carbonyl (C=O) groups is 2. The molecule has 0 spiro atoms. The lowest BCUT2D eigenvalue weighted by Gasteiger charge is -2.26. The van der Waals surface area contributed by atoms with Crippen LogP contribution in [0, 0.1) is 0 Å². The molecule has 2 N–H and O–H groups in total. The van der Waals surface area contributed by atoms with Gasteiger partial charge in [0.1, 0.15) is 19.1 Å². The minimum atomic E-state index is -3.30. The third kappa shape index (κ3) is 7.18. The number of nitrogens with one attached hydrogen (secondary N) is 1. The molecule has 0 aromatic heterocycles. The first-order valence-electron chi connectivity index (χ1n) is 10.8. The van der Waals surface area contributed by atoms with Gasteiger partial charge in [-0.2, -0.15) is 0 Å². The minimum Gasteiger partial charge on any atom is -0.491 e. The normalized spacial score (nSPS) is 18.4. The summed E-state index contributed by atoms with van der Waals surface area (Å²) in [6.07, 6.45) is 2.18. The Bertz CT molecular complexity index is 936. The Morgan fingerprint density at radius 2 is 2.00 bits per heavy atom. The molecule has 1 aromatic rings. The van der Waals surface area contributed by atoms with Gasteiger partial charge in [-0.3, -0.25) is 10.1 Å². The maximum atomic E-state index is 12.7. The zero-order valence-electron chi connectivity index (χ0n) is 18.6. The fourth-order valence-corrected chi connectivity index (χ4v) is 5.61. The SMILES string of the molecule is CC(C)(O)COc1cccc(C2(CS(=O)(=O)CCCOCN3CCC(=O)NC3=O)CC2)c1. The van der Waals surface area contributed by atoms with Crippen LogP contribution in [-0.2, 0) is 24.8 Å². The Morgan fingerprint density at radius 1 is 1.25 bits per heavy atom. The number of urea groups is 1. The molecule has 9 nitrogen and oxygen atoms in total. The maximum Gasteiger partial charge on any atom is 0.325 e. The molecule has 10 heteroatoms. The Morgan fingerprint density at radius 3 is 2.66 bits per heavy atom. The number of hydrogen-bond acceptors (Lipinski definition) is 7. The van der Waals surface area contributed by atoms with E-state index in [1.165, 1.54) is 4.90 Å². The second-order valence-electron chi connectivity index (χ2n) is 9.26. The van der Waals surface area contributed by atoms with E-state index >= 15 is 0 Å². The van der Waals surface area contributed by atoms with Gasteiger partial charge in [0.2, 0.25) is 5.91 Å².